The van der Waals surface area contributed by atoms with Crippen molar-refractivity contribution in [2.24, 2.45) is 5.92 Å². The second-order valence-electron chi connectivity index (χ2n) is 9.09. The van der Waals surface area contributed by atoms with E-state index in [2.05, 4.69) is 60.4 Å². The molecule has 5 rings (SSSR count). The molecule has 0 atom stereocenters. The molecule has 0 amide bonds. The summed E-state index contributed by atoms with van der Waals surface area (Å²) in [6, 6.07) is 10.5. The lowest BCUT2D eigenvalue weighted by Crippen LogP contribution is -2.44. The summed E-state index contributed by atoms with van der Waals surface area (Å²) in [4.78, 5) is 28.8. The van der Waals surface area contributed by atoms with Gasteiger partial charge in [-0.3, -0.25) is 4.79 Å². The van der Waals surface area contributed by atoms with Crippen LogP contribution in [0, 0.1) is 17.2 Å². The van der Waals surface area contributed by atoms with Gasteiger partial charge in [0.2, 0.25) is 5.95 Å². The summed E-state index contributed by atoms with van der Waals surface area (Å²) in [6.07, 6.45) is 4.01. The summed E-state index contributed by atoms with van der Waals surface area (Å²) in [5.74, 6) is 1.46. The average Bonchev–Trinajstić information content (AvgIpc) is 2.86. The number of fused-ring (bicyclic) bond motifs is 1. The highest BCUT2D eigenvalue weighted by molar-refractivity contribution is 5.90. The normalized spacial score (nSPS) is 17.6. The van der Waals surface area contributed by atoms with Gasteiger partial charge in [-0.25, -0.2) is 10.1 Å². The molecular weight excluding hydrogens is 430 g/mol. The largest absolute Gasteiger partial charge is 0.369 e. The van der Waals surface area contributed by atoms with Crippen LogP contribution in [0.25, 0.3) is 10.9 Å². The standard InChI is InChI=1S/C24H29N9O/c1-31-12-14-32(15-13-31)19-4-2-18(3-5-19)27-22-21-20(16-26-30-23(21)34)28-24(29-22)33-10-7-17(6-9-25)8-11-33/h2-5,16-17H,6-8,10-15H2,1H3,(H,30,34)(H,27,28,29). The number of aromatic nitrogens is 4. The molecule has 34 heavy (non-hydrogen) atoms. The summed E-state index contributed by atoms with van der Waals surface area (Å²) in [5.41, 5.74) is 2.22. The van der Waals surface area contributed by atoms with Gasteiger partial charge in [0, 0.05) is 57.1 Å². The molecule has 0 aliphatic carbocycles. The molecule has 4 heterocycles. The van der Waals surface area contributed by atoms with Crippen LogP contribution in [0.5, 0.6) is 0 Å². The van der Waals surface area contributed by atoms with Gasteiger partial charge in [-0.15, -0.1) is 0 Å². The van der Waals surface area contributed by atoms with Crippen molar-refractivity contribution < 1.29 is 0 Å². The highest BCUT2D eigenvalue weighted by atomic mass is 16.1. The monoisotopic (exact) mass is 459 g/mol. The minimum Gasteiger partial charge on any atom is -0.369 e. The topological polar surface area (TPSA) is 117 Å². The summed E-state index contributed by atoms with van der Waals surface area (Å²) in [7, 11) is 2.15. The highest BCUT2D eigenvalue weighted by Crippen LogP contribution is 2.28. The Balaban J connectivity index is 1.40. The van der Waals surface area contributed by atoms with Gasteiger partial charge in [-0.2, -0.15) is 15.3 Å². The van der Waals surface area contributed by atoms with E-state index in [0.717, 1.165) is 57.8 Å². The predicted molar refractivity (Wildman–Crippen MR) is 133 cm³/mol. The molecule has 0 saturated carbocycles. The molecule has 0 radical (unpaired) electrons. The third kappa shape index (κ3) is 4.65. The lowest BCUT2D eigenvalue weighted by Gasteiger charge is -2.34. The van der Waals surface area contributed by atoms with Gasteiger partial charge in [0.15, 0.2) is 0 Å². The molecule has 3 aromatic rings. The number of piperazine rings is 1. The Morgan fingerprint density at radius 3 is 2.50 bits per heavy atom. The van der Waals surface area contributed by atoms with Crippen LogP contribution in [0.4, 0.5) is 23.1 Å². The fraction of sp³-hybridized carbons (Fsp3) is 0.458. The first-order valence-corrected chi connectivity index (χ1v) is 11.8. The summed E-state index contributed by atoms with van der Waals surface area (Å²) in [6.45, 7) is 5.70. The average molecular weight is 460 g/mol. The number of anilines is 4. The van der Waals surface area contributed by atoms with Gasteiger partial charge in [-0.05, 0) is 50.1 Å². The molecule has 2 fully saturated rings. The van der Waals surface area contributed by atoms with Crippen LogP contribution >= 0.6 is 0 Å². The van der Waals surface area contributed by atoms with Gasteiger partial charge in [0.05, 0.1) is 12.3 Å². The first-order chi connectivity index (χ1) is 16.6. The van der Waals surface area contributed by atoms with Crippen molar-refractivity contribution in [1.29, 1.82) is 5.26 Å². The van der Waals surface area contributed by atoms with E-state index < -0.39 is 0 Å². The molecule has 10 heteroatoms. The van der Waals surface area contributed by atoms with Gasteiger partial charge < -0.3 is 20.0 Å². The smallest absolute Gasteiger partial charge is 0.277 e. The first-order valence-electron chi connectivity index (χ1n) is 11.8. The van der Waals surface area contributed by atoms with Crippen molar-refractivity contribution in [3.05, 3.63) is 40.8 Å². The third-order valence-corrected chi connectivity index (χ3v) is 6.78. The van der Waals surface area contributed by atoms with E-state index in [1.165, 1.54) is 5.69 Å². The van der Waals surface area contributed by atoms with Crippen LogP contribution in [-0.4, -0.2) is 71.4 Å². The zero-order chi connectivity index (χ0) is 23.5. The maximum atomic E-state index is 12.6. The number of nitriles is 1. The van der Waals surface area contributed by atoms with Crippen LogP contribution in [0.2, 0.25) is 0 Å². The highest BCUT2D eigenvalue weighted by Gasteiger charge is 2.23. The Hall–Kier alpha value is -3.71. The van der Waals surface area contributed by atoms with Crippen molar-refractivity contribution in [3.8, 4) is 6.07 Å². The molecule has 2 aromatic heterocycles. The minimum atomic E-state index is -0.326. The molecule has 0 bridgehead atoms. The molecule has 2 aliphatic rings. The van der Waals surface area contributed by atoms with E-state index in [1.807, 2.05) is 12.1 Å². The maximum absolute atomic E-state index is 12.6. The van der Waals surface area contributed by atoms with E-state index in [4.69, 9.17) is 10.2 Å². The van der Waals surface area contributed by atoms with Crippen molar-refractivity contribution in [3.63, 3.8) is 0 Å². The van der Waals surface area contributed by atoms with E-state index in [-0.39, 0.29) is 5.56 Å². The number of nitrogens with one attached hydrogen (secondary N) is 2. The van der Waals surface area contributed by atoms with Crippen molar-refractivity contribution in [2.75, 3.05) is 61.4 Å². The minimum absolute atomic E-state index is 0.326. The fourth-order valence-electron chi connectivity index (χ4n) is 4.65. The van der Waals surface area contributed by atoms with Gasteiger partial charge in [0.1, 0.15) is 16.7 Å². The number of H-pyrrole nitrogens is 1. The molecule has 0 unspecified atom stereocenters. The lowest BCUT2D eigenvalue weighted by atomic mass is 9.94. The van der Waals surface area contributed by atoms with Gasteiger partial charge in [-0.1, -0.05) is 0 Å². The molecule has 2 saturated heterocycles. The van der Waals surface area contributed by atoms with Crippen LogP contribution < -0.4 is 20.7 Å². The number of aromatic amines is 1. The van der Waals surface area contributed by atoms with Crippen LogP contribution in [0.15, 0.2) is 35.3 Å². The van der Waals surface area contributed by atoms with Crippen LogP contribution in [0.3, 0.4) is 0 Å². The van der Waals surface area contributed by atoms with E-state index in [1.54, 1.807) is 6.20 Å². The molecule has 176 valence electrons. The molecule has 2 aliphatic heterocycles. The fourth-order valence-corrected chi connectivity index (χ4v) is 4.65. The van der Waals surface area contributed by atoms with Crippen LogP contribution in [-0.2, 0) is 0 Å². The summed E-state index contributed by atoms with van der Waals surface area (Å²) < 4.78 is 0. The third-order valence-electron chi connectivity index (χ3n) is 6.78. The molecule has 2 N–H and O–H groups in total. The SMILES string of the molecule is CN1CCN(c2ccc(Nc3nc(N4CCC(CC#N)CC4)nc4cn[nH]c(=O)c34)cc2)CC1. The van der Waals surface area contributed by atoms with E-state index in [0.29, 0.717) is 35.0 Å². The maximum Gasteiger partial charge on any atom is 0.277 e. The number of hydrogen-bond acceptors (Lipinski definition) is 9. The Labute approximate surface area is 198 Å². The van der Waals surface area contributed by atoms with E-state index >= 15 is 0 Å². The summed E-state index contributed by atoms with van der Waals surface area (Å²) >= 11 is 0. The number of likely N-dealkylation sites (N-methyl/N-ethyl adjacent to an activating group) is 1. The molecule has 1 aromatic carbocycles. The molecule has 10 nitrogen and oxygen atoms in total. The molecule has 0 spiro atoms. The molecular formula is C24H29N9O. The van der Waals surface area contributed by atoms with E-state index in [9.17, 15) is 4.79 Å². The number of nitrogens with zero attached hydrogens (tertiary/aromatic N) is 7. The Bertz CT molecular complexity index is 1230. The number of benzene rings is 1. The Morgan fingerprint density at radius 1 is 1.06 bits per heavy atom. The van der Waals surface area contributed by atoms with Crippen LogP contribution in [0.1, 0.15) is 19.3 Å². The number of rotatable bonds is 5. The zero-order valence-corrected chi connectivity index (χ0v) is 19.4. The van der Waals surface area contributed by atoms with Crippen molar-refractivity contribution in [2.45, 2.75) is 19.3 Å². The second-order valence-corrected chi connectivity index (χ2v) is 9.09. The predicted octanol–water partition coefficient (Wildman–Crippen LogP) is 2.34. The number of hydrogen-bond donors (Lipinski definition) is 2. The number of piperidine rings is 1. The lowest BCUT2D eigenvalue weighted by molar-refractivity contribution is 0.313. The first kappa shape index (κ1) is 22.1. The zero-order valence-electron chi connectivity index (χ0n) is 19.4. The second kappa shape index (κ2) is 9.65. The van der Waals surface area contributed by atoms with Gasteiger partial charge in [0.25, 0.3) is 5.56 Å². The van der Waals surface area contributed by atoms with Crippen molar-refractivity contribution >= 4 is 34.0 Å². The van der Waals surface area contributed by atoms with Crippen molar-refractivity contribution in [1.82, 2.24) is 25.1 Å². The van der Waals surface area contributed by atoms with Gasteiger partial charge >= 0.3 is 0 Å². The quantitative estimate of drug-likeness (QED) is 0.593. The summed E-state index contributed by atoms with van der Waals surface area (Å²) in [5, 5.41) is 19.1. The Morgan fingerprint density at radius 2 is 1.79 bits per heavy atom. The Kier molecular flexibility index (Phi) is 6.27.